The smallest absolute Gasteiger partial charge is 0.0349 e. The Hall–Kier alpha value is 0. The predicted octanol–water partition coefficient (Wildman–Crippen LogP) is 4.89. The molecular weight excluding hydrogens is 156 g/mol. The molecule has 0 aliphatic carbocycles. The van der Waals surface area contributed by atoms with Crippen molar-refractivity contribution in [2.75, 3.05) is 0 Å². The molecule has 1 unspecified atom stereocenters. The van der Waals surface area contributed by atoms with Crippen LogP contribution in [0, 0.1) is 17.3 Å². The second kappa shape index (κ2) is 5.67. The maximum Gasteiger partial charge on any atom is -0.0349 e. The van der Waals surface area contributed by atoms with Crippen LogP contribution in [0.4, 0.5) is 0 Å². The molecule has 1 atom stereocenters. The van der Waals surface area contributed by atoms with Crippen LogP contribution in [0.2, 0.25) is 0 Å². The average Bonchev–Trinajstić information content (AvgIpc) is 1.81. The Morgan fingerprint density at radius 3 is 1.92 bits per heavy atom. The van der Waals surface area contributed by atoms with Gasteiger partial charge in [0.15, 0.2) is 0 Å². The third-order valence-corrected chi connectivity index (χ3v) is 2.64. The molecule has 0 saturated heterocycles. The van der Waals surface area contributed by atoms with E-state index in [9.17, 15) is 0 Å². The lowest BCUT2D eigenvalue weighted by Crippen LogP contribution is -2.18. The summed E-state index contributed by atoms with van der Waals surface area (Å²) >= 11 is 0. The zero-order valence-corrected chi connectivity index (χ0v) is 10.5. The highest BCUT2D eigenvalue weighted by Crippen LogP contribution is 2.33. The molecule has 0 aliphatic heterocycles. The molecule has 0 amide bonds. The van der Waals surface area contributed by atoms with Gasteiger partial charge in [0.25, 0.3) is 0 Å². The molecule has 0 spiro atoms. The minimum atomic E-state index is 0.544. The molecule has 0 nitrogen and oxygen atoms in total. The Kier molecular flexibility index (Phi) is 5.67. The standard InChI is InChI=1S/C13H28/c1-7-8-12(4)10-13(5,6)9-11(2)3/h11-12H,7-10H2,1-6H3. The van der Waals surface area contributed by atoms with Gasteiger partial charge in [0, 0.05) is 0 Å². The molecule has 0 heterocycles. The van der Waals surface area contributed by atoms with Gasteiger partial charge >= 0.3 is 0 Å². The summed E-state index contributed by atoms with van der Waals surface area (Å²) in [4.78, 5) is 0. The monoisotopic (exact) mass is 184 g/mol. The van der Waals surface area contributed by atoms with E-state index >= 15 is 0 Å². The molecule has 0 fully saturated rings. The lowest BCUT2D eigenvalue weighted by Gasteiger charge is -2.29. The predicted molar refractivity (Wildman–Crippen MR) is 61.9 cm³/mol. The summed E-state index contributed by atoms with van der Waals surface area (Å²) in [7, 11) is 0. The van der Waals surface area contributed by atoms with Gasteiger partial charge in [0.05, 0.1) is 0 Å². The van der Waals surface area contributed by atoms with E-state index in [1.54, 1.807) is 0 Å². The van der Waals surface area contributed by atoms with Crippen molar-refractivity contribution in [2.24, 2.45) is 17.3 Å². The van der Waals surface area contributed by atoms with E-state index in [-0.39, 0.29) is 0 Å². The topological polar surface area (TPSA) is 0 Å². The molecule has 13 heavy (non-hydrogen) atoms. The van der Waals surface area contributed by atoms with E-state index in [0.29, 0.717) is 5.41 Å². The lowest BCUT2D eigenvalue weighted by molar-refractivity contribution is 0.220. The van der Waals surface area contributed by atoms with Gasteiger partial charge in [-0.1, -0.05) is 54.4 Å². The van der Waals surface area contributed by atoms with Gasteiger partial charge in [-0.3, -0.25) is 0 Å². The molecule has 0 heteroatoms. The number of hydrogen-bond donors (Lipinski definition) is 0. The van der Waals surface area contributed by atoms with Crippen LogP contribution in [0.1, 0.15) is 67.2 Å². The molecule has 0 N–H and O–H groups in total. The summed E-state index contributed by atoms with van der Waals surface area (Å²) in [5, 5.41) is 0. The highest BCUT2D eigenvalue weighted by Gasteiger charge is 2.21. The molecule has 0 aromatic carbocycles. The second-order valence-electron chi connectivity index (χ2n) is 5.86. The first-order valence-corrected chi connectivity index (χ1v) is 5.87. The van der Waals surface area contributed by atoms with Crippen LogP contribution in [-0.2, 0) is 0 Å². The van der Waals surface area contributed by atoms with E-state index in [0.717, 1.165) is 11.8 Å². The van der Waals surface area contributed by atoms with E-state index in [2.05, 4.69) is 41.5 Å². The second-order valence-corrected chi connectivity index (χ2v) is 5.86. The molecule has 80 valence electrons. The van der Waals surface area contributed by atoms with Crippen molar-refractivity contribution in [2.45, 2.75) is 67.2 Å². The highest BCUT2D eigenvalue weighted by molar-refractivity contribution is 4.73. The number of hydrogen-bond acceptors (Lipinski definition) is 0. The summed E-state index contributed by atoms with van der Waals surface area (Å²) < 4.78 is 0. The van der Waals surface area contributed by atoms with E-state index in [1.807, 2.05) is 0 Å². The van der Waals surface area contributed by atoms with Crippen molar-refractivity contribution in [1.29, 1.82) is 0 Å². The Labute approximate surface area is 85.1 Å². The van der Waals surface area contributed by atoms with E-state index in [1.165, 1.54) is 25.7 Å². The summed E-state index contributed by atoms with van der Waals surface area (Å²) in [5.74, 6) is 1.74. The van der Waals surface area contributed by atoms with Crippen molar-refractivity contribution in [3.63, 3.8) is 0 Å². The maximum atomic E-state index is 2.42. The SMILES string of the molecule is CCCC(C)CC(C)(C)CC(C)C. The van der Waals surface area contributed by atoms with Crippen LogP contribution in [0.15, 0.2) is 0 Å². The van der Waals surface area contributed by atoms with Gasteiger partial charge < -0.3 is 0 Å². The van der Waals surface area contributed by atoms with Crippen molar-refractivity contribution >= 4 is 0 Å². The molecule has 0 aliphatic rings. The highest BCUT2D eigenvalue weighted by atomic mass is 14.3. The first-order chi connectivity index (χ1) is 5.87. The Morgan fingerprint density at radius 1 is 1.00 bits per heavy atom. The van der Waals surface area contributed by atoms with Gasteiger partial charge in [0.2, 0.25) is 0 Å². The Balaban J connectivity index is 3.85. The molecule has 0 bridgehead atoms. The minimum Gasteiger partial charge on any atom is -0.0654 e. The van der Waals surface area contributed by atoms with Crippen molar-refractivity contribution in [3.05, 3.63) is 0 Å². The third kappa shape index (κ3) is 7.10. The van der Waals surface area contributed by atoms with Crippen LogP contribution in [-0.4, -0.2) is 0 Å². The van der Waals surface area contributed by atoms with Crippen molar-refractivity contribution in [1.82, 2.24) is 0 Å². The fourth-order valence-electron chi connectivity index (χ4n) is 2.73. The first-order valence-electron chi connectivity index (χ1n) is 5.87. The fourth-order valence-corrected chi connectivity index (χ4v) is 2.73. The largest absolute Gasteiger partial charge is 0.0654 e. The van der Waals surface area contributed by atoms with Gasteiger partial charge in [-0.25, -0.2) is 0 Å². The zero-order valence-electron chi connectivity index (χ0n) is 10.5. The third-order valence-electron chi connectivity index (χ3n) is 2.64. The van der Waals surface area contributed by atoms with Gasteiger partial charge in [-0.2, -0.15) is 0 Å². The molecule has 0 aromatic rings. The summed E-state index contributed by atoms with van der Waals surface area (Å²) in [6.45, 7) is 14.2. The Morgan fingerprint density at radius 2 is 1.54 bits per heavy atom. The molecule has 0 aromatic heterocycles. The quantitative estimate of drug-likeness (QED) is 0.551. The first kappa shape index (κ1) is 13.0. The number of rotatable bonds is 6. The van der Waals surface area contributed by atoms with Crippen LogP contribution in [0.3, 0.4) is 0 Å². The van der Waals surface area contributed by atoms with Crippen molar-refractivity contribution < 1.29 is 0 Å². The lowest BCUT2D eigenvalue weighted by atomic mass is 9.76. The molecular formula is C13H28. The summed E-state index contributed by atoms with van der Waals surface area (Å²) in [6, 6.07) is 0. The minimum absolute atomic E-state index is 0.544. The summed E-state index contributed by atoms with van der Waals surface area (Å²) in [5.41, 5.74) is 0.544. The van der Waals surface area contributed by atoms with Crippen LogP contribution in [0.5, 0.6) is 0 Å². The zero-order chi connectivity index (χ0) is 10.5. The van der Waals surface area contributed by atoms with E-state index in [4.69, 9.17) is 0 Å². The summed E-state index contributed by atoms with van der Waals surface area (Å²) in [6.07, 6.45) is 5.47. The molecule has 0 radical (unpaired) electrons. The average molecular weight is 184 g/mol. The van der Waals surface area contributed by atoms with Crippen LogP contribution in [0.25, 0.3) is 0 Å². The van der Waals surface area contributed by atoms with Gasteiger partial charge in [-0.05, 0) is 30.1 Å². The fraction of sp³-hybridized carbons (Fsp3) is 1.00. The Bertz CT molecular complexity index is 122. The normalized spacial score (nSPS) is 15.0. The van der Waals surface area contributed by atoms with Crippen LogP contribution < -0.4 is 0 Å². The van der Waals surface area contributed by atoms with Gasteiger partial charge in [-0.15, -0.1) is 0 Å². The molecule has 0 saturated carbocycles. The van der Waals surface area contributed by atoms with E-state index < -0.39 is 0 Å². The van der Waals surface area contributed by atoms with Gasteiger partial charge in [0.1, 0.15) is 0 Å². The van der Waals surface area contributed by atoms with Crippen molar-refractivity contribution in [3.8, 4) is 0 Å². The van der Waals surface area contributed by atoms with Crippen LogP contribution >= 0.6 is 0 Å². The maximum absolute atomic E-state index is 2.42. The molecule has 0 rings (SSSR count).